The fourth-order valence-corrected chi connectivity index (χ4v) is 3.42. The van der Waals surface area contributed by atoms with Crippen LogP contribution in [0.15, 0.2) is 15.9 Å². The lowest BCUT2D eigenvalue weighted by molar-refractivity contribution is 0.229. The fraction of sp³-hybridized carbons (Fsp3) is 0.600. The van der Waals surface area contributed by atoms with Gasteiger partial charge in [0.1, 0.15) is 0 Å². The van der Waals surface area contributed by atoms with E-state index in [1.807, 2.05) is 0 Å². The molecule has 0 spiro atoms. The van der Waals surface area contributed by atoms with Gasteiger partial charge in [-0.25, -0.2) is 0 Å². The van der Waals surface area contributed by atoms with Gasteiger partial charge in [0.2, 0.25) is 0 Å². The van der Waals surface area contributed by atoms with Crippen molar-refractivity contribution >= 4 is 27.3 Å². The average Bonchev–Trinajstić information content (AvgIpc) is 2.47. The molecule has 1 aliphatic rings. The standard InChI is InChI=1S/C10H15BrN2S/c11-10-5-4-8(14-10)6-9(13-12)7-2-1-3-7/h4-5,7,9,13H,1-3,6,12H2. The Labute approximate surface area is 97.0 Å². The lowest BCUT2D eigenvalue weighted by Gasteiger charge is -2.33. The van der Waals surface area contributed by atoms with Gasteiger partial charge in [-0.2, -0.15) is 0 Å². The summed E-state index contributed by atoms with van der Waals surface area (Å²) in [6.07, 6.45) is 5.11. The first-order valence-electron chi connectivity index (χ1n) is 5.00. The molecule has 0 radical (unpaired) electrons. The minimum atomic E-state index is 0.467. The minimum absolute atomic E-state index is 0.467. The van der Waals surface area contributed by atoms with Crippen molar-refractivity contribution in [2.24, 2.45) is 11.8 Å². The molecule has 0 aromatic carbocycles. The van der Waals surface area contributed by atoms with E-state index in [2.05, 4.69) is 33.5 Å². The first kappa shape index (κ1) is 10.6. The summed E-state index contributed by atoms with van der Waals surface area (Å²) in [5.74, 6) is 6.37. The molecule has 1 aromatic rings. The largest absolute Gasteiger partial charge is 0.271 e. The van der Waals surface area contributed by atoms with Crippen molar-refractivity contribution in [3.63, 3.8) is 0 Å². The molecule has 14 heavy (non-hydrogen) atoms. The third kappa shape index (κ3) is 2.37. The van der Waals surface area contributed by atoms with Gasteiger partial charge in [0.15, 0.2) is 0 Å². The van der Waals surface area contributed by atoms with Crippen LogP contribution < -0.4 is 11.3 Å². The van der Waals surface area contributed by atoms with Crippen LogP contribution >= 0.6 is 27.3 Å². The number of halogens is 1. The zero-order valence-corrected chi connectivity index (χ0v) is 10.4. The smallest absolute Gasteiger partial charge is 0.0701 e. The highest BCUT2D eigenvalue weighted by Gasteiger charge is 2.26. The van der Waals surface area contributed by atoms with E-state index in [4.69, 9.17) is 5.84 Å². The van der Waals surface area contributed by atoms with Crippen molar-refractivity contribution in [2.45, 2.75) is 31.7 Å². The van der Waals surface area contributed by atoms with Crippen molar-refractivity contribution in [1.29, 1.82) is 0 Å². The van der Waals surface area contributed by atoms with Crippen molar-refractivity contribution in [1.82, 2.24) is 5.43 Å². The Morgan fingerprint density at radius 2 is 2.36 bits per heavy atom. The number of hydrazine groups is 1. The first-order valence-corrected chi connectivity index (χ1v) is 6.61. The number of hydrogen-bond donors (Lipinski definition) is 2. The Kier molecular flexibility index (Phi) is 3.60. The van der Waals surface area contributed by atoms with Crippen LogP contribution in [-0.4, -0.2) is 6.04 Å². The molecule has 3 N–H and O–H groups in total. The molecule has 1 aromatic heterocycles. The predicted octanol–water partition coefficient (Wildman–Crippen LogP) is 2.69. The molecular weight excluding hydrogens is 260 g/mol. The van der Waals surface area contributed by atoms with Gasteiger partial charge in [-0.05, 0) is 53.2 Å². The maximum Gasteiger partial charge on any atom is 0.0701 e. The van der Waals surface area contributed by atoms with E-state index in [9.17, 15) is 0 Å². The van der Waals surface area contributed by atoms with Crippen molar-refractivity contribution in [3.05, 3.63) is 20.8 Å². The number of nitrogens with two attached hydrogens (primary N) is 1. The molecule has 1 aliphatic carbocycles. The molecule has 1 fully saturated rings. The molecule has 1 saturated carbocycles. The number of rotatable bonds is 4. The van der Waals surface area contributed by atoms with Gasteiger partial charge in [0, 0.05) is 10.9 Å². The maximum absolute atomic E-state index is 5.58. The van der Waals surface area contributed by atoms with Crippen molar-refractivity contribution in [2.75, 3.05) is 0 Å². The van der Waals surface area contributed by atoms with E-state index in [0.717, 1.165) is 12.3 Å². The third-order valence-electron chi connectivity index (χ3n) is 2.98. The number of nitrogens with one attached hydrogen (secondary N) is 1. The molecule has 2 rings (SSSR count). The third-order valence-corrected chi connectivity index (χ3v) is 4.63. The lowest BCUT2D eigenvalue weighted by atomic mass is 9.78. The summed E-state index contributed by atoms with van der Waals surface area (Å²) >= 11 is 5.28. The van der Waals surface area contributed by atoms with E-state index >= 15 is 0 Å². The second-order valence-electron chi connectivity index (χ2n) is 3.87. The van der Waals surface area contributed by atoms with Gasteiger partial charge in [0.05, 0.1) is 3.79 Å². The van der Waals surface area contributed by atoms with Crippen LogP contribution in [0.4, 0.5) is 0 Å². The molecule has 1 atom stereocenters. The highest BCUT2D eigenvalue weighted by molar-refractivity contribution is 9.11. The van der Waals surface area contributed by atoms with Crippen LogP contribution in [-0.2, 0) is 6.42 Å². The Balaban J connectivity index is 1.93. The quantitative estimate of drug-likeness (QED) is 0.655. The van der Waals surface area contributed by atoms with Crippen molar-refractivity contribution in [3.8, 4) is 0 Å². The molecule has 1 heterocycles. The van der Waals surface area contributed by atoms with E-state index in [0.29, 0.717) is 6.04 Å². The van der Waals surface area contributed by atoms with Gasteiger partial charge in [-0.3, -0.25) is 11.3 Å². The summed E-state index contributed by atoms with van der Waals surface area (Å²) in [5.41, 5.74) is 2.95. The van der Waals surface area contributed by atoms with Crippen molar-refractivity contribution < 1.29 is 0 Å². The average molecular weight is 275 g/mol. The van der Waals surface area contributed by atoms with Gasteiger partial charge >= 0.3 is 0 Å². The molecule has 4 heteroatoms. The Hall–Kier alpha value is 0.1000. The molecule has 1 unspecified atom stereocenters. The highest BCUT2D eigenvalue weighted by atomic mass is 79.9. The van der Waals surface area contributed by atoms with Crippen LogP contribution in [0.25, 0.3) is 0 Å². The predicted molar refractivity (Wildman–Crippen MR) is 64.2 cm³/mol. The van der Waals surface area contributed by atoms with Crippen LogP contribution in [0.5, 0.6) is 0 Å². The van der Waals surface area contributed by atoms with E-state index < -0.39 is 0 Å². The first-order chi connectivity index (χ1) is 6.79. The number of hydrogen-bond acceptors (Lipinski definition) is 3. The van der Waals surface area contributed by atoms with Gasteiger partial charge in [-0.15, -0.1) is 11.3 Å². The zero-order valence-electron chi connectivity index (χ0n) is 8.00. The normalized spacial score (nSPS) is 19.3. The molecule has 0 saturated heterocycles. The Morgan fingerprint density at radius 3 is 2.79 bits per heavy atom. The van der Waals surface area contributed by atoms with Crippen LogP contribution in [0.2, 0.25) is 0 Å². The molecule has 2 nitrogen and oxygen atoms in total. The summed E-state index contributed by atoms with van der Waals surface area (Å²) in [6.45, 7) is 0. The minimum Gasteiger partial charge on any atom is -0.271 e. The monoisotopic (exact) mass is 274 g/mol. The summed E-state index contributed by atoms with van der Waals surface area (Å²) in [5, 5.41) is 0. The molecular formula is C10H15BrN2S. The Bertz CT molecular complexity index is 296. The van der Waals surface area contributed by atoms with E-state index in [1.165, 1.54) is 27.9 Å². The second-order valence-corrected chi connectivity index (χ2v) is 6.42. The molecule has 0 amide bonds. The van der Waals surface area contributed by atoms with Crippen LogP contribution in [0, 0.1) is 5.92 Å². The summed E-state index contributed by atoms with van der Waals surface area (Å²) in [7, 11) is 0. The molecule has 0 aliphatic heterocycles. The summed E-state index contributed by atoms with van der Waals surface area (Å²) < 4.78 is 1.21. The zero-order chi connectivity index (χ0) is 9.97. The second kappa shape index (κ2) is 4.75. The fourth-order valence-electron chi connectivity index (χ4n) is 1.88. The molecule has 78 valence electrons. The van der Waals surface area contributed by atoms with Crippen LogP contribution in [0.3, 0.4) is 0 Å². The van der Waals surface area contributed by atoms with Gasteiger partial charge in [-0.1, -0.05) is 6.42 Å². The van der Waals surface area contributed by atoms with E-state index in [1.54, 1.807) is 11.3 Å². The van der Waals surface area contributed by atoms with Gasteiger partial charge < -0.3 is 0 Å². The van der Waals surface area contributed by atoms with E-state index in [-0.39, 0.29) is 0 Å². The van der Waals surface area contributed by atoms with Crippen LogP contribution in [0.1, 0.15) is 24.1 Å². The maximum atomic E-state index is 5.58. The lowest BCUT2D eigenvalue weighted by Crippen LogP contribution is -2.44. The molecule has 0 bridgehead atoms. The topological polar surface area (TPSA) is 38.0 Å². The summed E-state index contributed by atoms with van der Waals surface area (Å²) in [4.78, 5) is 1.41. The summed E-state index contributed by atoms with van der Waals surface area (Å²) in [6, 6.07) is 4.75. The van der Waals surface area contributed by atoms with Gasteiger partial charge in [0.25, 0.3) is 0 Å². The highest BCUT2D eigenvalue weighted by Crippen LogP contribution is 2.32. The Morgan fingerprint density at radius 1 is 1.57 bits per heavy atom. The number of thiophene rings is 1. The SMILES string of the molecule is NNC(Cc1ccc(Br)s1)C1CCC1.